The van der Waals surface area contributed by atoms with Gasteiger partial charge in [0.2, 0.25) is 5.91 Å². The van der Waals surface area contributed by atoms with Gasteiger partial charge in [-0.2, -0.15) is 0 Å². The summed E-state index contributed by atoms with van der Waals surface area (Å²) in [6.07, 6.45) is 0. The summed E-state index contributed by atoms with van der Waals surface area (Å²) in [5, 5.41) is 3.25. The van der Waals surface area contributed by atoms with E-state index in [1.807, 2.05) is 18.2 Å². The van der Waals surface area contributed by atoms with Gasteiger partial charge < -0.3 is 15.1 Å². The van der Waals surface area contributed by atoms with Crippen molar-refractivity contribution in [2.75, 3.05) is 49.2 Å². The largest absolute Gasteiger partial charge is 0.369 e. The maximum atomic E-state index is 12.8. The molecule has 1 N–H and O–H groups in total. The number of anilines is 2. The van der Waals surface area contributed by atoms with Crippen LogP contribution in [0.5, 0.6) is 0 Å². The average molecular weight is 446 g/mol. The molecule has 1 heterocycles. The lowest BCUT2D eigenvalue weighted by Crippen LogP contribution is -2.44. The first kappa shape index (κ1) is 22.4. The Kier molecular flexibility index (Phi) is 7.51. The summed E-state index contributed by atoms with van der Waals surface area (Å²) >= 11 is 1.66. The Labute approximate surface area is 195 Å². The number of carbonyl (C=O) groups excluding carboxylic acids is 1. The zero-order valence-corrected chi connectivity index (χ0v) is 19.6. The Bertz CT molecular complexity index is 978. The molecule has 0 aliphatic carbocycles. The predicted octanol–water partition coefficient (Wildman–Crippen LogP) is 5.21. The highest BCUT2D eigenvalue weighted by molar-refractivity contribution is 8.00. The van der Waals surface area contributed by atoms with E-state index in [-0.39, 0.29) is 11.2 Å². The molecule has 0 saturated carbocycles. The first-order valence-corrected chi connectivity index (χ1v) is 12.2. The Morgan fingerprint density at radius 2 is 1.50 bits per heavy atom. The van der Waals surface area contributed by atoms with Crippen molar-refractivity contribution in [1.29, 1.82) is 0 Å². The quantitative estimate of drug-likeness (QED) is 0.542. The van der Waals surface area contributed by atoms with Crippen molar-refractivity contribution in [2.45, 2.75) is 12.2 Å². The van der Waals surface area contributed by atoms with E-state index in [0.717, 1.165) is 37.4 Å². The third kappa shape index (κ3) is 5.72. The molecule has 1 aliphatic heterocycles. The number of aryl methyl sites for hydroxylation is 1. The summed E-state index contributed by atoms with van der Waals surface area (Å²) in [6, 6.07) is 27.1. The van der Waals surface area contributed by atoms with Gasteiger partial charge in [-0.15, -0.1) is 11.8 Å². The molecule has 0 atom stereocenters. The second-order valence-corrected chi connectivity index (χ2v) is 9.44. The maximum Gasteiger partial charge on any atom is 0.234 e. The first-order valence-electron chi connectivity index (χ1n) is 11.2. The van der Waals surface area contributed by atoms with Crippen LogP contribution in [0, 0.1) is 6.92 Å². The van der Waals surface area contributed by atoms with E-state index in [0.29, 0.717) is 5.75 Å². The number of carbonyl (C=O) groups is 1. The molecule has 0 bridgehead atoms. The molecule has 1 fully saturated rings. The van der Waals surface area contributed by atoms with Crippen LogP contribution in [0.3, 0.4) is 0 Å². The van der Waals surface area contributed by atoms with Gasteiger partial charge in [-0.25, -0.2) is 0 Å². The summed E-state index contributed by atoms with van der Waals surface area (Å²) in [6.45, 7) is 6.31. The highest BCUT2D eigenvalue weighted by Gasteiger charge is 2.18. The Balaban J connectivity index is 1.39. The smallest absolute Gasteiger partial charge is 0.234 e. The summed E-state index contributed by atoms with van der Waals surface area (Å²) in [4.78, 5) is 17.6. The lowest BCUT2D eigenvalue weighted by molar-refractivity contribution is -0.113. The van der Waals surface area contributed by atoms with E-state index in [1.54, 1.807) is 11.8 Å². The van der Waals surface area contributed by atoms with Gasteiger partial charge in [0, 0.05) is 37.6 Å². The normalized spacial score (nSPS) is 14.5. The molecule has 0 unspecified atom stereocenters. The molecule has 1 amide bonds. The van der Waals surface area contributed by atoms with Gasteiger partial charge in [0.25, 0.3) is 0 Å². The highest BCUT2D eigenvalue weighted by Crippen LogP contribution is 2.35. The summed E-state index contributed by atoms with van der Waals surface area (Å²) in [5.74, 6) is 0.427. The Morgan fingerprint density at radius 1 is 0.906 bits per heavy atom. The molecule has 3 aromatic carbocycles. The van der Waals surface area contributed by atoms with Crippen molar-refractivity contribution in [3.8, 4) is 0 Å². The van der Waals surface area contributed by atoms with E-state index in [1.165, 1.54) is 16.8 Å². The fourth-order valence-electron chi connectivity index (χ4n) is 4.04. The number of piperazine rings is 1. The number of nitrogens with one attached hydrogen (secondary N) is 1. The van der Waals surface area contributed by atoms with Gasteiger partial charge in [-0.05, 0) is 48.9 Å². The topological polar surface area (TPSA) is 35.6 Å². The molecule has 0 spiro atoms. The van der Waals surface area contributed by atoms with Crippen molar-refractivity contribution < 1.29 is 4.79 Å². The molecular formula is C27H31N3OS. The van der Waals surface area contributed by atoms with E-state index in [9.17, 15) is 4.79 Å². The third-order valence-electron chi connectivity index (χ3n) is 5.94. The minimum absolute atomic E-state index is 0.0299. The van der Waals surface area contributed by atoms with Crippen LogP contribution in [0.25, 0.3) is 0 Å². The number of rotatable bonds is 7. The van der Waals surface area contributed by atoms with Gasteiger partial charge in [0.1, 0.15) is 0 Å². The molecule has 32 heavy (non-hydrogen) atoms. The minimum atomic E-state index is 0.0299. The van der Waals surface area contributed by atoms with Crippen LogP contribution in [0.2, 0.25) is 0 Å². The lowest BCUT2D eigenvalue weighted by Gasteiger charge is -2.34. The number of amides is 1. The average Bonchev–Trinajstić information content (AvgIpc) is 2.82. The predicted molar refractivity (Wildman–Crippen MR) is 137 cm³/mol. The minimum Gasteiger partial charge on any atom is -0.369 e. The number of thioether (sulfide) groups is 1. The van der Waals surface area contributed by atoms with Crippen molar-refractivity contribution in [3.05, 3.63) is 95.6 Å². The molecule has 3 aromatic rings. The fourth-order valence-corrected chi connectivity index (χ4v) is 5.12. The summed E-state index contributed by atoms with van der Waals surface area (Å²) in [7, 11) is 2.17. The number of nitrogens with zero attached hydrogens (tertiary/aromatic N) is 2. The van der Waals surface area contributed by atoms with E-state index in [2.05, 4.69) is 89.8 Å². The van der Waals surface area contributed by atoms with Crippen LogP contribution >= 0.6 is 11.8 Å². The van der Waals surface area contributed by atoms with Crippen LogP contribution in [0.1, 0.15) is 21.9 Å². The molecule has 0 radical (unpaired) electrons. The Morgan fingerprint density at radius 3 is 2.06 bits per heavy atom. The van der Waals surface area contributed by atoms with Crippen LogP contribution in [0.4, 0.5) is 11.4 Å². The zero-order valence-electron chi connectivity index (χ0n) is 18.8. The Hall–Kier alpha value is -2.76. The van der Waals surface area contributed by atoms with Gasteiger partial charge in [-0.3, -0.25) is 4.79 Å². The van der Waals surface area contributed by atoms with Crippen molar-refractivity contribution in [1.82, 2.24) is 4.90 Å². The molecule has 166 valence electrons. The van der Waals surface area contributed by atoms with E-state index < -0.39 is 0 Å². The highest BCUT2D eigenvalue weighted by atomic mass is 32.2. The number of hydrogen-bond donors (Lipinski definition) is 1. The van der Waals surface area contributed by atoms with Crippen molar-refractivity contribution in [2.24, 2.45) is 0 Å². The monoisotopic (exact) mass is 445 g/mol. The second-order valence-electron chi connectivity index (χ2n) is 8.35. The third-order valence-corrected chi connectivity index (χ3v) is 7.24. The van der Waals surface area contributed by atoms with Crippen molar-refractivity contribution >= 4 is 29.0 Å². The SMILES string of the molecule is Cc1cc(N2CCN(C)CC2)ccc1NC(=O)CSC(c1ccccc1)c1ccccc1. The number of benzene rings is 3. The van der Waals surface area contributed by atoms with E-state index in [4.69, 9.17) is 0 Å². The molecule has 4 nitrogen and oxygen atoms in total. The van der Waals surface area contributed by atoms with E-state index >= 15 is 0 Å². The van der Waals surface area contributed by atoms with Crippen molar-refractivity contribution in [3.63, 3.8) is 0 Å². The summed E-state index contributed by atoms with van der Waals surface area (Å²) in [5.41, 5.74) is 5.65. The summed E-state index contributed by atoms with van der Waals surface area (Å²) < 4.78 is 0. The molecule has 5 heteroatoms. The maximum absolute atomic E-state index is 12.8. The van der Waals surface area contributed by atoms with Gasteiger partial charge >= 0.3 is 0 Å². The standard InChI is InChI=1S/C27H31N3OS/c1-21-19-24(30-17-15-29(2)16-18-30)13-14-25(21)28-26(31)20-32-27(22-9-5-3-6-10-22)23-11-7-4-8-12-23/h3-14,19,27H,15-18,20H2,1-2H3,(H,28,31). The number of hydrogen-bond acceptors (Lipinski definition) is 4. The van der Waals surface area contributed by atoms with Crippen LogP contribution in [-0.2, 0) is 4.79 Å². The van der Waals surface area contributed by atoms with Gasteiger partial charge in [-0.1, -0.05) is 60.7 Å². The molecule has 1 saturated heterocycles. The van der Waals surface area contributed by atoms with Gasteiger partial charge in [0.05, 0.1) is 11.0 Å². The zero-order chi connectivity index (χ0) is 22.3. The van der Waals surface area contributed by atoms with Crippen LogP contribution in [-0.4, -0.2) is 49.8 Å². The molecule has 0 aromatic heterocycles. The van der Waals surface area contributed by atoms with Crippen LogP contribution in [0.15, 0.2) is 78.9 Å². The molecular weight excluding hydrogens is 414 g/mol. The molecule has 1 aliphatic rings. The van der Waals surface area contributed by atoms with Crippen LogP contribution < -0.4 is 10.2 Å². The van der Waals surface area contributed by atoms with Gasteiger partial charge in [0.15, 0.2) is 0 Å². The molecule has 4 rings (SSSR count). The number of likely N-dealkylation sites (N-methyl/N-ethyl adjacent to an activating group) is 1. The lowest BCUT2D eigenvalue weighted by atomic mass is 10.0. The second kappa shape index (κ2) is 10.7. The fraction of sp³-hybridized carbons (Fsp3) is 0.296. The first-order chi connectivity index (χ1) is 15.6.